The highest BCUT2D eigenvalue weighted by molar-refractivity contribution is 6.01. The number of ether oxygens (including phenoxy) is 2. The van der Waals surface area contributed by atoms with Crippen LogP contribution in [0.1, 0.15) is 49.5 Å². The molecule has 3 rings (SSSR count). The molecule has 0 spiro atoms. The summed E-state index contributed by atoms with van der Waals surface area (Å²) < 4.78 is 13.9. The van der Waals surface area contributed by atoms with Crippen molar-refractivity contribution < 1.29 is 23.9 Å². The smallest absolute Gasteiger partial charge is 0.355 e. The molecular weight excluding hydrogens is 384 g/mol. The number of aryl methyl sites for hydroxylation is 2. The number of rotatable bonds is 7. The van der Waals surface area contributed by atoms with Crippen molar-refractivity contribution in [2.45, 2.75) is 20.8 Å². The number of nitrogens with zero attached hydrogens (tertiary/aromatic N) is 2. The molecule has 0 N–H and O–H groups in total. The molecule has 30 heavy (non-hydrogen) atoms. The Hall–Kier alpha value is -3.61. The van der Waals surface area contributed by atoms with E-state index in [2.05, 4.69) is 0 Å². The van der Waals surface area contributed by atoms with Crippen LogP contribution in [0.2, 0.25) is 0 Å². The molecule has 1 aromatic carbocycles. The van der Waals surface area contributed by atoms with Gasteiger partial charge in [0.15, 0.2) is 12.4 Å². The first-order valence-electron chi connectivity index (χ1n) is 9.44. The highest BCUT2D eigenvalue weighted by atomic mass is 16.5. The topological polar surface area (TPSA) is 79.5 Å². The third kappa shape index (κ3) is 4.05. The second-order valence-electron chi connectivity index (χ2n) is 7.10. The minimum atomic E-state index is -0.651. The van der Waals surface area contributed by atoms with Gasteiger partial charge in [0.2, 0.25) is 5.78 Å². The van der Waals surface area contributed by atoms with E-state index in [4.69, 9.17) is 9.47 Å². The molecule has 0 unspecified atom stereocenters. The van der Waals surface area contributed by atoms with Crippen LogP contribution >= 0.6 is 0 Å². The fourth-order valence-electron chi connectivity index (χ4n) is 3.42. The lowest BCUT2D eigenvalue weighted by molar-refractivity contribution is 0.0465. The second kappa shape index (κ2) is 8.41. The van der Waals surface area contributed by atoms with Crippen LogP contribution in [0.5, 0.6) is 5.75 Å². The van der Waals surface area contributed by atoms with Crippen LogP contribution in [0, 0.1) is 13.8 Å². The second-order valence-corrected chi connectivity index (χ2v) is 7.10. The van der Waals surface area contributed by atoms with Crippen molar-refractivity contribution in [3.05, 3.63) is 70.8 Å². The Morgan fingerprint density at radius 2 is 1.70 bits per heavy atom. The van der Waals surface area contributed by atoms with Crippen LogP contribution in [0.3, 0.4) is 0 Å². The van der Waals surface area contributed by atoms with Crippen molar-refractivity contribution in [3.63, 3.8) is 0 Å². The Kier molecular flexibility index (Phi) is 5.91. The molecule has 0 fully saturated rings. The average Bonchev–Trinajstić information content (AvgIpc) is 3.25. The number of carbonyl (C=O) groups is 3. The molecule has 7 nitrogen and oxygen atoms in total. The first kappa shape index (κ1) is 21.1. The molecule has 0 aliphatic rings. The number of aromatic nitrogens is 2. The Balaban J connectivity index is 1.76. The molecule has 0 saturated heterocycles. The molecule has 0 radical (unpaired) electrons. The molecule has 0 bridgehead atoms. The zero-order valence-electron chi connectivity index (χ0n) is 17.7. The molecule has 0 atom stereocenters. The number of benzene rings is 1. The van der Waals surface area contributed by atoms with Crippen molar-refractivity contribution in [1.82, 2.24) is 9.13 Å². The maximum atomic E-state index is 12.7. The molecule has 2 aromatic heterocycles. The van der Waals surface area contributed by atoms with Crippen molar-refractivity contribution in [2.24, 2.45) is 7.05 Å². The van der Waals surface area contributed by atoms with Gasteiger partial charge < -0.3 is 18.6 Å². The fraction of sp³-hybridized carbons (Fsp3) is 0.261. The number of esters is 1. The van der Waals surface area contributed by atoms with Crippen LogP contribution in [-0.4, -0.2) is 40.4 Å². The lowest BCUT2D eigenvalue weighted by atomic mass is 10.1. The molecule has 0 aliphatic heterocycles. The number of methoxy groups -OCH3 is 1. The monoisotopic (exact) mass is 408 g/mol. The zero-order chi connectivity index (χ0) is 22.0. The van der Waals surface area contributed by atoms with E-state index >= 15 is 0 Å². The summed E-state index contributed by atoms with van der Waals surface area (Å²) in [7, 11) is 3.25. The van der Waals surface area contributed by atoms with E-state index in [0.29, 0.717) is 11.1 Å². The molecule has 156 valence electrons. The van der Waals surface area contributed by atoms with Gasteiger partial charge >= 0.3 is 5.97 Å². The van der Waals surface area contributed by atoms with Gasteiger partial charge in [-0.15, -0.1) is 0 Å². The Bertz CT molecular complexity index is 1120. The van der Waals surface area contributed by atoms with Crippen molar-refractivity contribution >= 4 is 17.5 Å². The van der Waals surface area contributed by atoms with Gasteiger partial charge in [0.05, 0.1) is 7.11 Å². The molecular formula is C23H24N2O5. The maximum Gasteiger partial charge on any atom is 0.355 e. The standard InChI is InChI=1S/C23H24N2O5/c1-14-10-20(15(2)25(14)18-6-8-19(29-5)9-7-18)22(27)13-30-23(28)21-11-17(16(3)26)12-24(21)4/h6-12H,13H2,1-5H3. The van der Waals surface area contributed by atoms with Gasteiger partial charge in [-0.1, -0.05) is 0 Å². The van der Waals surface area contributed by atoms with Gasteiger partial charge in [0, 0.05) is 41.4 Å². The number of ketones is 2. The minimum Gasteiger partial charge on any atom is -0.497 e. The van der Waals surface area contributed by atoms with E-state index in [1.807, 2.05) is 42.7 Å². The first-order chi connectivity index (χ1) is 14.2. The number of hydrogen-bond acceptors (Lipinski definition) is 5. The Morgan fingerprint density at radius 3 is 2.27 bits per heavy atom. The third-order valence-corrected chi connectivity index (χ3v) is 5.02. The normalized spacial score (nSPS) is 10.7. The highest BCUT2D eigenvalue weighted by Gasteiger charge is 2.20. The van der Waals surface area contributed by atoms with Gasteiger partial charge in [0.1, 0.15) is 11.4 Å². The van der Waals surface area contributed by atoms with Crippen molar-refractivity contribution in [1.29, 1.82) is 0 Å². The third-order valence-electron chi connectivity index (χ3n) is 5.02. The van der Waals surface area contributed by atoms with Crippen LogP contribution in [0.15, 0.2) is 42.6 Å². The molecule has 0 aliphatic carbocycles. The van der Waals surface area contributed by atoms with E-state index in [1.54, 1.807) is 26.4 Å². The summed E-state index contributed by atoms with van der Waals surface area (Å²) >= 11 is 0. The van der Waals surface area contributed by atoms with Gasteiger partial charge in [-0.2, -0.15) is 0 Å². The van der Waals surface area contributed by atoms with Crippen LogP contribution in [0.25, 0.3) is 5.69 Å². The number of carbonyl (C=O) groups excluding carboxylic acids is 3. The van der Waals surface area contributed by atoms with E-state index in [-0.39, 0.29) is 23.9 Å². The number of hydrogen-bond donors (Lipinski definition) is 0. The Labute approximate surface area is 174 Å². The van der Waals surface area contributed by atoms with E-state index < -0.39 is 5.97 Å². The zero-order valence-corrected chi connectivity index (χ0v) is 17.7. The summed E-state index contributed by atoms with van der Waals surface area (Å²) in [6.45, 7) is 4.80. The molecule has 7 heteroatoms. The van der Waals surface area contributed by atoms with Crippen LogP contribution in [-0.2, 0) is 11.8 Å². The molecule has 2 heterocycles. The quantitative estimate of drug-likeness (QED) is 0.440. The summed E-state index contributed by atoms with van der Waals surface area (Å²) in [6, 6.07) is 10.8. The molecule has 0 saturated carbocycles. The van der Waals surface area contributed by atoms with Gasteiger partial charge in [0.25, 0.3) is 0 Å². The lowest BCUT2D eigenvalue weighted by Gasteiger charge is -2.11. The van der Waals surface area contributed by atoms with Gasteiger partial charge in [-0.05, 0) is 57.2 Å². The fourth-order valence-corrected chi connectivity index (χ4v) is 3.42. The summed E-state index contributed by atoms with van der Waals surface area (Å²) in [5.74, 6) is -0.343. The predicted octanol–water partition coefficient (Wildman–Crippen LogP) is 3.68. The molecule has 0 amide bonds. The van der Waals surface area contributed by atoms with Crippen molar-refractivity contribution in [2.75, 3.05) is 13.7 Å². The van der Waals surface area contributed by atoms with E-state index in [1.165, 1.54) is 17.6 Å². The SMILES string of the molecule is COc1ccc(-n2c(C)cc(C(=O)COC(=O)c3cc(C(C)=O)cn3C)c2C)cc1. The summed E-state index contributed by atoms with van der Waals surface area (Å²) in [4.78, 5) is 36.6. The predicted molar refractivity (Wildman–Crippen MR) is 112 cm³/mol. The highest BCUT2D eigenvalue weighted by Crippen LogP contribution is 2.23. The lowest BCUT2D eigenvalue weighted by Crippen LogP contribution is -2.16. The van der Waals surface area contributed by atoms with Crippen LogP contribution in [0.4, 0.5) is 0 Å². The van der Waals surface area contributed by atoms with Gasteiger partial charge in [-0.25, -0.2) is 4.79 Å². The molecule has 3 aromatic rings. The van der Waals surface area contributed by atoms with Gasteiger partial charge in [-0.3, -0.25) is 9.59 Å². The van der Waals surface area contributed by atoms with Crippen molar-refractivity contribution in [3.8, 4) is 11.4 Å². The van der Waals surface area contributed by atoms with E-state index in [9.17, 15) is 14.4 Å². The largest absolute Gasteiger partial charge is 0.497 e. The van der Waals surface area contributed by atoms with E-state index in [0.717, 1.165) is 22.8 Å². The average molecular weight is 408 g/mol. The number of Topliss-reactive ketones (excluding diaryl/α,β-unsaturated/α-hetero) is 2. The van der Waals surface area contributed by atoms with Crippen LogP contribution < -0.4 is 4.74 Å². The summed E-state index contributed by atoms with van der Waals surface area (Å²) in [5, 5.41) is 0. The minimum absolute atomic E-state index is 0.147. The maximum absolute atomic E-state index is 12.7. The Morgan fingerprint density at radius 1 is 1.03 bits per heavy atom. The summed E-state index contributed by atoms with van der Waals surface area (Å²) in [5.41, 5.74) is 3.68. The summed E-state index contributed by atoms with van der Waals surface area (Å²) in [6.07, 6.45) is 1.56. The first-order valence-corrected chi connectivity index (χ1v) is 9.44.